The summed E-state index contributed by atoms with van der Waals surface area (Å²) in [5, 5.41) is 7.01. The SMILES string of the molecule is Cc1nn(C)cc1C(=O)NC[C@H]1CCCO1. The number of aryl methyl sites for hydroxylation is 2. The second kappa shape index (κ2) is 4.65. The van der Waals surface area contributed by atoms with Crippen molar-refractivity contribution in [3.05, 3.63) is 17.5 Å². The molecule has 0 aromatic carbocycles. The Labute approximate surface area is 94.8 Å². The van der Waals surface area contributed by atoms with Crippen LogP contribution in [0, 0.1) is 6.92 Å². The van der Waals surface area contributed by atoms with Gasteiger partial charge in [-0.3, -0.25) is 9.48 Å². The normalized spacial score (nSPS) is 20.0. The van der Waals surface area contributed by atoms with Gasteiger partial charge in [0.05, 0.1) is 17.4 Å². The van der Waals surface area contributed by atoms with Crippen LogP contribution in [-0.4, -0.2) is 34.9 Å². The van der Waals surface area contributed by atoms with Crippen LogP contribution in [0.15, 0.2) is 6.20 Å². The van der Waals surface area contributed by atoms with Gasteiger partial charge in [-0.2, -0.15) is 5.10 Å². The molecular formula is C11H17N3O2. The molecule has 88 valence electrons. The zero-order chi connectivity index (χ0) is 11.5. The number of carbonyl (C=O) groups is 1. The molecule has 0 unspecified atom stereocenters. The fourth-order valence-electron chi connectivity index (χ4n) is 1.93. The van der Waals surface area contributed by atoms with Gasteiger partial charge in [0, 0.05) is 26.4 Å². The summed E-state index contributed by atoms with van der Waals surface area (Å²) in [6.07, 6.45) is 4.04. The number of nitrogens with one attached hydrogen (secondary N) is 1. The maximum atomic E-state index is 11.8. The predicted molar refractivity (Wildman–Crippen MR) is 59.3 cm³/mol. The van der Waals surface area contributed by atoms with Gasteiger partial charge in [-0.15, -0.1) is 0 Å². The molecule has 5 nitrogen and oxygen atoms in total. The number of carbonyl (C=O) groups excluding carboxylic acids is 1. The Bertz CT molecular complexity index is 381. The number of amides is 1. The maximum Gasteiger partial charge on any atom is 0.254 e. The van der Waals surface area contributed by atoms with E-state index in [2.05, 4.69) is 10.4 Å². The molecule has 0 radical (unpaired) electrons. The van der Waals surface area contributed by atoms with E-state index in [1.54, 1.807) is 10.9 Å². The topological polar surface area (TPSA) is 56.2 Å². The Balaban J connectivity index is 1.90. The van der Waals surface area contributed by atoms with Crippen molar-refractivity contribution in [3.8, 4) is 0 Å². The standard InChI is InChI=1S/C11H17N3O2/c1-8-10(7-14(2)13-8)11(15)12-6-9-4-3-5-16-9/h7,9H,3-6H2,1-2H3,(H,12,15)/t9-/m1/s1. The summed E-state index contributed by atoms with van der Waals surface area (Å²) in [4.78, 5) is 11.8. The fraction of sp³-hybridized carbons (Fsp3) is 0.636. The lowest BCUT2D eigenvalue weighted by atomic mass is 10.2. The third kappa shape index (κ3) is 2.41. The highest BCUT2D eigenvalue weighted by Crippen LogP contribution is 2.11. The van der Waals surface area contributed by atoms with Crippen LogP contribution in [-0.2, 0) is 11.8 Å². The van der Waals surface area contributed by atoms with E-state index in [9.17, 15) is 4.79 Å². The van der Waals surface area contributed by atoms with Gasteiger partial charge in [0.25, 0.3) is 5.91 Å². The Hall–Kier alpha value is -1.36. The van der Waals surface area contributed by atoms with E-state index >= 15 is 0 Å². The van der Waals surface area contributed by atoms with Crippen LogP contribution >= 0.6 is 0 Å². The lowest BCUT2D eigenvalue weighted by Crippen LogP contribution is -2.31. The fourth-order valence-corrected chi connectivity index (χ4v) is 1.93. The number of nitrogens with zero attached hydrogens (tertiary/aromatic N) is 2. The molecule has 0 aliphatic carbocycles. The van der Waals surface area contributed by atoms with Crippen LogP contribution < -0.4 is 5.32 Å². The van der Waals surface area contributed by atoms with Crippen molar-refractivity contribution in [2.45, 2.75) is 25.9 Å². The smallest absolute Gasteiger partial charge is 0.254 e. The van der Waals surface area contributed by atoms with E-state index in [4.69, 9.17) is 4.74 Å². The van der Waals surface area contributed by atoms with E-state index < -0.39 is 0 Å². The van der Waals surface area contributed by atoms with Gasteiger partial charge in [-0.05, 0) is 19.8 Å². The van der Waals surface area contributed by atoms with Crippen molar-refractivity contribution < 1.29 is 9.53 Å². The van der Waals surface area contributed by atoms with Gasteiger partial charge in [-0.1, -0.05) is 0 Å². The monoisotopic (exact) mass is 223 g/mol. The molecule has 1 aromatic heterocycles. The van der Waals surface area contributed by atoms with Crippen LogP contribution in [0.1, 0.15) is 28.9 Å². The molecule has 1 aliphatic rings. The first kappa shape index (κ1) is 11.1. The van der Waals surface area contributed by atoms with E-state index in [1.807, 2.05) is 14.0 Å². The summed E-state index contributed by atoms with van der Waals surface area (Å²) in [6.45, 7) is 3.24. The molecule has 5 heteroatoms. The molecule has 1 saturated heterocycles. The lowest BCUT2D eigenvalue weighted by Gasteiger charge is -2.10. The van der Waals surface area contributed by atoms with Crippen LogP contribution in [0.4, 0.5) is 0 Å². The molecule has 0 spiro atoms. The van der Waals surface area contributed by atoms with Gasteiger partial charge in [0.2, 0.25) is 0 Å². The highest BCUT2D eigenvalue weighted by molar-refractivity contribution is 5.94. The highest BCUT2D eigenvalue weighted by atomic mass is 16.5. The summed E-state index contributed by atoms with van der Waals surface area (Å²) in [5.41, 5.74) is 1.40. The Morgan fingerprint density at radius 2 is 2.56 bits per heavy atom. The Kier molecular flexibility index (Phi) is 3.24. The van der Waals surface area contributed by atoms with Gasteiger partial charge in [-0.25, -0.2) is 0 Å². The molecule has 1 fully saturated rings. The van der Waals surface area contributed by atoms with Crippen LogP contribution in [0.5, 0.6) is 0 Å². The second-order valence-corrected chi connectivity index (χ2v) is 4.15. The number of rotatable bonds is 3. The highest BCUT2D eigenvalue weighted by Gasteiger charge is 2.18. The first-order valence-corrected chi connectivity index (χ1v) is 5.57. The third-order valence-corrected chi connectivity index (χ3v) is 2.77. The van der Waals surface area contributed by atoms with E-state index in [0.717, 1.165) is 25.1 Å². The quantitative estimate of drug-likeness (QED) is 0.818. The average molecular weight is 223 g/mol. The molecule has 2 heterocycles. The van der Waals surface area contributed by atoms with Crippen LogP contribution in [0.2, 0.25) is 0 Å². The van der Waals surface area contributed by atoms with Gasteiger partial charge in [0.1, 0.15) is 0 Å². The number of aromatic nitrogens is 2. The molecule has 0 saturated carbocycles. The molecule has 16 heavy (non-hydrogen) atoms. The zero-order valence-corrected chi connectivity index (χ0v) is 9.69. The zero-order valence-electron chi connectivity index (χ0n) is 9.69. The van der Waals surface area contributed by atoms with Crippen LogP contribution in [0.25, 0.3) is 0 Å². The summed E-state index contributed by atoms with van der Waals surface area (Å²) in [6, 6.07) is 0. The van der Waals surface area contributed by atoms with Gasteiger partial charge >= 0.3 is 0 Å². The molecule has 0 bridgehead atoms. The Morgan fingerprint density at radius 3 is 3.12 bits per heavy atom. The summed E-state index contributed by atoms with van der Waals surface area (Å²) in [5.74, 6) is -0.0684. The lowest BCUT2D eigenvalue weighted by molar-refractivity contribution is 0.0857. The first-order valence-electron chi connectivity index (χ1n) is 5.57. The van der Waals surface area contributed by atoms with Crippen molar-refractivity contribution >= 4 is 5.91 Å². The Morgan fingerprint density at radius 1 is 1.75 bits per heavy atom. The van der Waals surface area contributed by atoms with Crippen molar-refractivity contribution in [2.75, 3.05) is 13.2 Å². The molecule has 1 amide bonds. The van der Waals surface area contributed by atoms with Crippen molar-refractivity contribution in [1.82, 2.24) is 15.1 Å². The minimum Gasteiger partial charge on any atom is -0.376 e. The summed E-state index contributed by atoms with van der Waals surface area (Å²) >= 11 is 0. The maximum absolute atomic E-state index is 11.8. The summed E-state index contributed by atoms with van der Waals surface area (Å²) in [7, 11) is 1.81. The van der Waals surface area contributed by atoms with Crippen molar-refractivity contribution in [2.24, 2.45) is 7.05 Å². The molecule has 2 rings (SSSR count). The largest absolute Gasteiger partial charge is 0.376 e. The molecule has 1 atom stereocenters. The number of hydrogen-bond acceptors (Lipinski definition) is 3. The predicted octanol–water partition coefficient (Wildman–Crippen LogP) is 0.637. The van der Waals surface area contributed by atoms with Gasteiger partial charge < -0.3 is 10.1 Å². The second-order valence-electron chi connectivity index (χ2n) is 4.15. The van der Waals surface area contributed by atoms with E-state index in [-0.39, 0.29) is 12.0 Å². The first-order chi connectivity index (χ1) is 7.66. The summed E-state index contributed by atoms with van der Waals surface area (Å²) < 4.78 is 7.09. The third-order valence-electron chi connectivity index (χ3n) is 2.77. The van der Waals surface area contributed by atoms with E-state index in [0.29, 0.717) is 12.1 Å². The molecular weight excluding hydrogens is 206 g/mol. The van der Waals surface area contributed by atoms with E-state index in [1.165, 1.54) is 0 Å². The molecule has 1 aromatic rings. The number of hydrogen-bond donors (Lipinski definition) is 1. The van der Waals surface area contributed by atoms with Gasteiger partial charge in [0.15, 0.2) is 0 Å². The van der Waals surface area contributed by atoms with Crippen molar-refractivity contribution in [1.29, 1.82) is 0 Å². The number of ether oxygens (including phenoxy) is 1. The minimum atomic E-state index is -0.0684. The molecule has 1 aliphatic heterocycles. The molecule has 1 N–H and O–H groups in total. The van der Waals surface area contributed by atoms with Crippen molar-refractivity contribution in [3.63, 3.8) is 0 Å². The van der Waals surface area contributed by atoms with Crippen LogP contribution in [0.3, 0.4) is 0 Å². The minimum absolute atomic E-state index is 0.0684. The average Bonchev–Trinajstić information content (AvgIpc) is 2.84.